The quantitative estimate of drug-likeness (QED) is 0.551. The zero-order valence-corrected chi connectivity index (χ0v) is 17.8. The normalized spacial score (nSPS) is 16.9. The lowest BCUT2D eigenvalue weighted by Gasteiger charge is -2.22. The average molecular weight is 454 g/mol. The van der Waals surface area contributed by atoms with Gasteiger partial charge in [-0.25, -0.2) is 8.42 Å². The van der Waals surface area contributed by atoms with Crippen LogP contribution in [0, 0.1) is 0 Å². The first kappa shape index (κ1) is 19.6. The molecule has 10 heteroatoms. The number of amides is 1. The van der Waals surface area contributed by atoms with Crippen LogP contribution >= 0.6 is 35.1 Å². The first-order chi connectivity index (χ1) is 13.4. The number of halogens is 1. The molecule has 2 heterocycles. The molecule has 4 rings (SSSR count). The van der Waals surface area contributed by atoms with Gasteiger partial charge in [0.05, 0.1) is 11.4 Å². The van der Waals surface area contributed by atoms with Crippen molar-refractivity contribution >= 4 is 61.9 Å². The summed E-state index contributed by atoms with van der Waals surface area (Å²) in [6.07, 6.45) is 0. The summed E-state index contributed by atoms with van der Waals surface area (Å²) < 4.78 is 27.2. The number of carbonyl (C=O) groups is 1. The predicted molar refractivity (Wildman–Crippen MR) is 115 cm³/mol. The van der Waals surface area contributed by atoms with Crippen LogP contribution in [0.5, 0.6) is 0 Å². The van der Waals surface area contributed by atoms with Crippen molar-refractivity contribution in [3.63, 3.8) is 0 Å². The first-order valence-corrected chi connectivity index (χ1v) is 12.3. The van der Waals surface area contributed by atoms with Gasteiger partial charge in [-0.3, -0.25) is 4.79 Å². The number of amidine groups is 1. The topological polar surface area (TPSA) is 78.8 Å². The van der Waals surface area contributed by atoms with E-state index in [2.05, 4.69) is 9.71 Å². The van der Waals surface area contributed by atoms with Gasteiger partial charge in [0.15, 0.2) is 5.17 Å². The van der Waals surface area contributed by atoms with Gasteiger partial charge in [-0.05, 0) is 54.2 Å². The fourth-order valence-electron chi connectivity index (χ4n) is 2.84. The number of nitrogens with zero attached hydrogens (tertiary/aromatic N) is 2. The second kappa shape index (κ2) is 7.98. The molecule has 0 unspecified atom stereocenters. The smallest absolute Gasteiger partial charge is 0.257 e. The average Bonchev–Trinajstić information content (AvgIpc) is 3.01. The lowest BCUT2D eigenvalue weighted by atomic mass is 10.2. The molecule has 2 aromatic rings. The Hall–Kier alpha value is -1.68. The van der Waals surface area contributed by atoms with Gasteiger partial charge < -0.3 is 10.2 Å². The molecular formula is C18H16ClN3O3S3. The molecule has 0 saturated carbocycles. The molecule has 0 aliphatic carbocycles. The van der Waals surface area contributed by atoms with E-state index in [9.17, 15) is 13.2 Å². The zero-order valence-electron chi connectivity index (χ0n) is 14.6. The van der Waals surface area contributed by atoms with E-state index in [0.29, 0.717) is 28.8 Å². The van der Waals surface area contributed by atoms with E-state index in [1.807, 2.05) is 35.2 Å². The highest BCUT2D eigenvalue weighted by atomic mass is 35.5. The van der Waals surface area contributed by atoms with Crippen LogP contribution < -0.4 is 10.2 Å². The van der Waals surface area contributed by atoms with Crippen LogP contribution in [-0.4, -0.2) is 44.1 Å². The largest absolute Gasteiger partial charge is 0.351 e. The van der Waals surface area contributed by atoms with Crippen molar-refractivity contribution < 1.29 is 13.2 Å². The maximum atomic E-state index is 12.4. The van der Waals surface area contributed by atoms with Gasteiger partial charge in [0.2, 0.25) is 0 Å². The van der Waals surface area contributed by atoms with Crippen LogP contribution in [0.4, 0.5) is 5.69 Å². The van der Waals surface area contributed by atoms with Gasteiger partial charge in [-0.2, -0.15) is 0 Å². The molecule has 0 bridgehead atoms. The molecule has 0 saturated heterocycles. The molecule has 1 amide bonds. The summed E-state index contributed by atoms with van der Waals surface area (Å²) in [5.41, 5.74) is 1.44. The molecule has 1 N–H and O–H groups in total. The Labute approximate surface area is 176 Å². The lowest BCUT2D eigenvalue weighted by molar-refractivity contribution is 0.0956. The number of carbonyl (C=O) groups excluding carboxylic acids is 1. The minimum absolute atomic E-state index is 0.00399. The number of sulfonamides is 1. The summed E-state index contributed by atoms with van der Waals surface area (Å²) in [7, 11) is -3.38. The van der Waals surface area contributed by atoms with Crippen molar-refractivity contribution in [3.8, 4) is 0 Å². The zero-order chi connectivity index (χ0) is 19.7. The van der Waals surface area contributed by atoms with Crippen molar-refractivity contribution in [1.82, 2.24) is 5.32 Å². The first-order valence-electron chi connectivity index (χ1n) is 8.50. The molecule has 2 aliphatic heterocycles. The van der Waals surface area contributed by atoms with Gasteiger partial charge in [0, 0.05) is 39.2 Å². The third-order valence-electron chi connectivity index (χ3n) is 4.20. The lowest BCUT2D eigenvalue weighted by Crippen LogP contribution is -2.35. The second-order valence-electron chi connectivity index (χ2n) is 6.15. The molecule has 6 nitrogen and oxygen atoms in total. The van der Waals surface area contributed by atoms with Crippen molar-refractivity contribution in [1.29, 1.82) is 0 Å². The summed E-state index contributed by atoms with van der Waals surface area (Å²) in [5, 5.41) is 4.07. The number of benzene rings is 2. The monoisotopic (exact) mass is 453 g/mol. The summed E-state index contributed by atoms with van der Waals surface area (Å²) in [6.45, 7) is 0.919. The number of fused-ring (bicyclic) bond motifs is 3. The molecule has 146 valence electrons. The van der Waals surface area contributed by atoms with E-state index in [0.717, 1.165) is 21.2 Å². The van der Waals surface area contributed by atoms with Gasteiger partial charge in [0.1, 0.15) is 0 Å². The Kier molecular flexibility index (Phi) is 5.59. The fraction of sp³-hybridized carbons (Fsp3) is 0.222. The molecule has 0 fully saturated rings. The Balaban J connectivity index is 1.36. The number of hydrogen-bond acceptors (Lipinski definition) is 6. The van der Waals surface area contributed by atoms with Crippen molar-refractivity contribution in [3.05, 3.63) is 53.1 Å². The van der Waals surface area contributed by atoms with Gasteiger partial charge in [-0.15, -0.1) is 16.2 Å². The van der Waals surface area contributed by atoms with Crippen LogP contribution in [0.15, 0.2) is 56.7 Å². The maximum Gasteiger partial charge on any atom is 0.257 e. The van der Waals surface area contributed by atoms with Crippen molar-refractivity contribution in [2.75, 3.05) is 29.5 Å². The standard InChI is InChI=1S/C18H16ClN3O3S3/c19-13-2-4-14(5-3-13)26-9-7-20-17(23)12-1-6-15-16(11-12)27-18-21-28(24,25)10-8-22(15)18/h1-6,11H,7-10H2,(H,20,23). The molecular weight excluding hydrogens is 438 g/mol. The molecule has 2 aliphatic rings. The summed E-state index contributed by atoms with van der Waals surface area (Å²) in [6, 6.07) is 13.0. The number of anilines is 1. The Morgan fingerprint density at radius 2 is 2.04 bits per heavy atom. The van der Waals surface area contributed by atoms with Gasteiger partial charge in [0.25, 0.3) is 15.9 Å². The highest BCUT2D eigenvalue weighted by Crippen LogP contribution is 2.42. The van der Waals surface area contributed by atoms with Crippen LogP contribution in [0.2, 0.25) is 5.02 Å². The summed E-state index contributed by atoms with van der Waals surface area (Å²) >= 11 is 8.79. The number of hydrogen-bond donors (Lipinski definition) is 1. The highest BCUT2D eigenvalue weighted by Gasteiger charge is 2.33. The van der Waals surface area contributed by atoms with Crippen molar-refractivity contribution in [2.24, 2.45) is 4.40 Å². The van der Waals surface area contributed by atoms with Crippen LogP contribution in [0.3, 0.4) is 0 Å². The van der Waals surface area contributed by atoms with E-state index in [4.69, 9.17) is 11.6 Å². The SMILES string of the molecule is O=C(NCCSc1ccc(Cl)cc1)c1ccc2c(c1)SC1=NS(=O)(=O)CCN12. The van der Waals surface area contributed by atoms with Gasteiger partial charge >= 0.3 is 0 Å². The van der Waals surface area contributed by atoms with Crippen LogP contribution in [0.25, 0.3) is 0 Å². The minimum atomic E-state index is -3.38. The Morgan fingerprint density at radius 1 is 1.25 bits per heavy atom. The van der Waals surface area contributed by atoms with Gasteiger partial charge in [-0.1, -0.05) is 11.6 Å². The maximum absolute atomic E-state index is 12.4. The highest BCUT2D eigenvalue weighted by molar-refractivity contribution is 8.15. The molecule has 2 aromatic carbocycles. The number of thioether (sulfide) groups is 2. The predicted octanol–water partition coefficient (Wildman–Crippen LogP) is 3.47. The number of rotatable bonds is 5. The molecule has 28 heavy (non-hydrogen) atoms. The van der Waals surface area contributed by atoms with E-state index >= 15 is 0 Å². The Morgan fingerprint density at radius 3 is 2.82 bits per heavy atom. The minimum Gasteiger partial charge on any atom is -0.351 e. The molecule has 0 aromatic heterocycles. The number of nitrogens with one attached hydrogen (secondary N) is 1. The third-order valence-corrected chi connectivity index (χ3v) is 7.78. The van der Waals surface area contributed by atoms with E-state index in [1.165, 1.54) is 11.8 Å². The van der Waals surface area contributed by atoms with E-state index in [1.54, 1.807) is 23.9 Å². The van der Waals surface area contributed by atoms with Crippen LogP contribution in [0.1, 0.15) is 10.4 Å². The molecule has 0 radical (unpaired) electrons. The van der Waals surface area contributed by atoms with Crippen LogP contribution in [-0.2, 0) is 10.0 Å². The summed E-state index contributed by atoms with van der Waals surface area (Å²) in [4.78, 5) is 16.3. The second-order valence-corrected chi connectivity index (χ2v) is 10.5. The van der Waals surface area contributed by atoms with E-state index in [-0.39, 0.29) is 11.7 Å². The van der Waals surface area contributed by atoms with Crippen molar-refractivity contribution in [2.45, 2.75) is 9.79 Å². The Bertz CT molecular complexity index is 1060. The fourth-order valence-corrected chi connectivity index (χ4v) is 6.03. The summed E-state index contributed by atoms with van der Waals surface area (Å²) in [5.74, 6) is 0.596. The molecule has 0 spiro atoms. The molecule has 0 atom stereocenters. The third kappa shape index (κ3) is 4.32. The van der Waals surface area contributed by atoms with E-state index < -0.39 is 10.0 Å².